The summed E-state index contributed by atoms with van der Waals surface area (Å²) in [5, 5.41) is 9.60. The van der Waals surface area contributed by atoms with Gasteiger partial charge in [0, 0.05) is 13.0 Å². The van der Waals surface area contributed by atoms with Crippen LogP contribution in [0.4, 0.5) is 0 Å². The summed E-state index contributed by atoms with van der Waals surface area (Å²) in [6.07, 6.45) is 1.44. The van der Waals surface area contributed by atoms with Crippen molar-refractivity contribution in [1.29, 1.82) is 0 Å². The molecule has 0 radical (unpaired) electrons. The highest BCUT2D eigenvalue weighted by molar-refractivity contribution is 5.13. The van der Waals surface area contributed by atoms with Crippen molar-refractivity contribution in [3.63, 3.8) is 0 Å². The van der Waals surface area contributed by atoms with Crippen molar-refractivity contribution >= 4 is 0 Å². The van der Waals surface area contributed by atoms with Crippen molar-refractivity contribution in [2.24, 2.45) is 0 Å². The normalized spacial score (nSPS) is 20.7. The van der Waals surface area contributed by atoms with E-state index in [2.05, 4.69) is 0 Å². The molecule has 1 N–H and O–H groups in total. The summed E-state index contributed by atoms with van der Waals surface area (Å²) in [6.45, 7) is 2.03. The van der Waals surface area contributed by atoms with E-state index in [4.69, 9.17) is 9.47 Å². The molecule has 1 aliphatic heterocycles. The maximum atomic E-state index is 9.60. The molecule has 0 unspecified atom stereocenters. The predicted octanol–water partition coefficient (Wildman–Crippen LogP) is 1.74. The van der Waals surface area contributed by atoms with Gasteiger partial charge in [-0.2, -0.15) is 0 Å². The quantitative estimate of drug-likeness (QED) is 0.564. The summed E-state index contributed by atoms with van der Waals surface area (Å²) in [5.74, 6) is 0. The largest absolute Gasteiger partial charge is 0.393 e. The topological polar surface area (TPSA) is 42.0 Å². The van der Waals surface area contributed by atoms with Crippen LogP contribution in [0.5, 0.6) is 0 Å². The molecule has 1 fully saturated rings. The van der Waals surface area contributed by atoms with E-state index in [1.807, 2.05) is 30.3 Å². The standard InChI is InChI=1S/C13H18O3/c14-12(8-13-10-16-13)6-7-15-9-11-4-2-1-3-5-11/h1-5,12-14H,6-10H2/t12-,13+/m1/s1. The van der Waals surface area contributed by atoms with Crippen molar-refractivity contribution in [3.8, 4) is 0 Å². The Bertz CT molecular complexity index is 295. The molecule has 1 aromatic carbocycles. The van der Waals surface area contributed by atoms with E-state index in [1.54, 1.807) is 0 Å². The van der Waals surface area contributed by atoms with E-state index >= 15 is 0 Å². The van der Waals surface area contributed by atoms with Gasteiger partial charge in [0.05, 0.1) is 25.4 Å². The van der Waals surface area contributed by atoms with Crippen LogP contribution in [-0.2, 0) is 16.1 Å². The van der Waals surface area contributed by atoms with E-state index < -0.39 is 0 Å². The van der Waals surface area contributed by atoms with Crippen molar-refractivity contribution < 1.29 is 14.6 Å². The second kappa shape index (κ2) is 5.99. The minimum Gasteiger partial charge on any atom is -0.393 e. The van der Waals surface area contributed by atoms with Gasteiger partial charge in [0.15, 0.2) is 0 Å². The zero-order chi connectivity index (χ0) is 11.2. The molecule has 0 bridgehead atoms. The molecule has 0 amide bonds. The number of hydrogen-bond donors (Lipinski definition) is 1. The van der Waals surface area contributed by atoms with E-state index in [1.165, 1.54) is 5.56 Å². The zero-order valence-electron chi connectivity index (χ0n) is 9.34. The van der Waals surface area contributed by atoms with Crippen LogP contribution in [0.1, 0.15) is 18.4 Å². The lowest BCUT2D eigenvalue weighted by atomic mass is 10.1. The van der Waals surface area contributed by atoms with Gasteiger partial charge in [-0.25, -0.2) is 0 Å². The molecule has 0 aliphatic carbocycles. The van der Waals surface area contributed by atoms with Gasteiger partial charge >= 0.3 is 0 Å². The number of epoxide rings is 1. The smallest absolute Gasteiger partial charge is 0.0834 e. The molecule has 16 heavy (non-hydrogen) atoms. The van der Waals surface area contributed by atoms with Crippen LogP contribution in [-0.4, -0.2) is 30.5 Å². The molecule has 3 nitrogen and oxygen atoms in total. The third-order valence-electron chi connectivity index (χ3n) is 2.64. The second-order valence-corrected chi connectivity index (χ2v) is 4.17. The summed E-state index contributed by atoms with van der Waals surface area (Å²) in [4.78, 5) is 0. The molecule has 3 heteroatoms. The van der Waals surface area contributed by atoms with Gasteiger partial charge in [-0.1, -0.05) is 30.3 Å². The highest BCUT2D eigenvalue weighted by Crippen LogP contribution is 2.17. The third kappa shape index (κ3) is 4.31. The molecule has 0 aromatic heterocycles. The monoisotopic (exact) mass is 222 g/mol. The third-order valence-corrected chi connectivity index (χ3v) is 2.64. The predicted molar refractivity (Wildman–Crippen MR) is 61.1 cm³/mol. The Hall–Kier alpha value is -0.900. The minimum absolute atomic E-state index is 0.289. The Kier molecular flexibility index (Phi) is 4.34. The molecule has 2 rings (SSSR count). The molecule has 1 aromatic rings. The molecular weight excluding hydrogens is 204 g/mol. The summed E-state index contributed by atoms with van der Waals surface area (Å²) in [5.41, 5.74) is 1.17. The average molecular weight is 222 g/mol. The first-order valence-corrected chi connectivity index (χ1v) is 5.76. The number of hydrogen-bond acceptors (Lipinski definition) is 3. The molecule has 1 heterocycles. The summed E-state index contributed by atoms with van der Waals surface area (Å²) >= 11 is 0. The summed E-state index contributed by atoms with van der Waals surface area (Å²) < 4.78 is 10.5. The maximum Gasteiger partial charge on any atom is 0.0834 e. The fraction of sp³-hybridized carbons (Fsp3) is 0.538. The van der Waals surface area contributed by atoms with Gasteiger partial charge < -0.3 is 14.6 Å². The van der Waals surface area contributed by atoms with Gasteiger partial charge in [0.25, 0.3) is 0 Å². The van der Waals surface area contributed by atoms with Crippen LogP contribution >= 0.6 is 0 Å². The first kappa shape index (κ1) is 11.6. The summed E-state index contributed by atoms with van der Waals surface area (Å²) in [6, 6.07) is 10.1. The molecule has 1 aliphatic rings. The molecular formula is C13H18O3. The molecule has 2 atom stereocenters. The lowest BCUT2D eigenvalue weighted by Crippen LogP contribution is -2.13. The van der Waals surface area contributed by atoms with E-state index in [0.717, 1.165) is 13.0 Å². The van der Waals surface area contributed by atoms with E-state index in [-0.39, 0.29) is 6.10 Å². The number of benzene rings is 1. The van der Waals surface area contributed by atoms with Gasteiger partial charge in [0.2, 0.25) is 0 Å². The Balaban J connectivity index is 1.54. The lowest BCUT2D eigenvalue weighted by molar-refractivity contribution is 0.0667. The van der Waals surface area contributed by atoms with Crippen LogP contribution in [0.3, 0.4) is 0 Å². The fourth-order valence-electron chi connectivity index (χ4n) is 1.61. The second-order valence-electron chi connectivity index (χ2n) is 4.17. The molecule has 0 saturated carbocycles. The van der Waals surface area contributed by atoms with Crippen LogP contribution in [0, 0.1) is 0 Å². The Morgan fingerprint density at radius 2 is 2.12 bits per heavy atom. The van der Waals surface area contributed by atoms with Crippen LogP contribution in [0.15, 0.2) is 30.3 Å². The lowest BCUT2D eigenvalue weighted by Gasteiger charge is -2.09. The number of rotatable bonds is 7. The van der Waals surface area contributed by atoms with Gasteiger partial charge in [-0.15, -0.1) is 0 Å². The van der Waals surface area contributed by atoms with Crippen molar-refractivity contribution in [2.45, 2.75) is 31.7 Å². The Labute approximate surface area is 96.0 Å². The Morgan fingerprint density at radius 3 is 2.81 bits per heavy atom. The van der Waals surface area contributed by atoms with Crippen LogP contribution in [0.2, 0.25) is 0 Å². The highest BCUT2D eigenvalue weighted by atomic mass is 16.6. The zero-order valence-corrected chi connectivity index (χ0v) is 9.34. The summed E-state index contributed by atoms with van der Waals surface area (Å²) in [7, 11) is 0. The van der Waals surface area contributed by atoms with Crippen molar-refractivity contribution in [2.75, 3.05) is 13.2 Å². The van der Waals surface area contributed by atoms with Crippen LogP contribution < -0.4 is 0 Å². The molecule has 88 valence electrons. The SMILES string of the molecule is O[C@H](CCOCc1ccccc1)C[C@H]1CO1. The van der Waals surface area contributed by atoms with Gasteiger partial charge in [0.1, 0.15) is 0 Å². The number of aliphatic hydroxyl groups excluding tert-OH is 1. The molecule has 1 saturated heterocycles. The minimum atomic E-state index is -0.289. The first-order valence-electron chi connectivity index (χ1n) is 5.76. The van der Waals surface area contributed by atoms with Gasteiger partial charge in [-0.3, -0.25) is 0 Å². The fourth-order valence-corrected chi connectivity index (χ4v) is 1.61. The maximum absolute atomic E-state index is 9.60. The van der Waals surface area contributed by atoms with Crippen molar-refractivity contribution in [3.05, 3.63) is 35.9 Å². The highest BCUT2D eigenvalue weighted by Gasteiger charge is 2.25. The molecule has 0 spiro atoms. The van der Waals surface area contributed by atoms with Gasteiger partial charge in [-0.05, 0) is 12.0 Å². The number of aliphatic hydroxyl groups is 1. The average Bonchev–Trinajstić information content (AvgIpc) is 3.10. The van der Waals surface area contributed by atoms with E-state index in [9.17, 15) is 5.11 Å². The number of ether oxygens (including phenoxy) is 2. The van der Waals surface area contributed by atoms with Crippen LogP contribution in [0.25, 0.3) is 0 Å². The Morgan fingerprint density at radius 1 is 1.38 bits per heavy atom. The van der Waals surface area contributed by atoms with E-state index in [0.29, 0.717) is 25.7 Å². The van der Waals surface area contributed by atoms with Crippen molar-refractivity contribution in [1.82, 2.24) is 0 Å². The first-order chi connectivity index (χ1) is 7.84.